The second-order valence-electron chi connectivity index (χ2n) is 3.30. The highest BCUT2D eigenvalue weighted by molar-refractivity contribution is 6.00. The van der Waals surface area contributed by atoms with Crippen LogP contribution in [-0.2, 0) is 6.54 Å². The Bertz CT molecular complexity index is 436. The van der Waals surface area contributed by atoms with Gasteiger partial charge in [0, 0.05) is 18.0 Å². The molecule has 2 nitrogen and oxygen atoms in total. The van der Waals surface area contributed by atoms with Crippen molar-refractivity contribution < 1.29 is 4.43 Å². The Kier molecular flexibility index (Phi) is 2.59. The van der Waals surface area contributed by atoms with Crippen molar-refractivity contribution in [2.45, 2.75) is 19.9 Å². The maximum absolute atomic E-state index is 5.15. The predicted molar refractivity (Wildman–Crippen MR) is 58.6 cm³/mol. The maximum atomic E-state index is 5.15. The van der Waals surface area contributed by atoms with Crippen molar-refractivity contribution in [2.24, 2.45) is 0 Å². The van der Waals surface area contributed by atoms with Crippen LogP contribution in [0.1, 0.15) is 13.3 Å². The maximum Gasteiger partial charge on any atom is 0.343 e. The summed E-state index contributed by atoms with van der Waals surface area (Å²) in [7, 11) is 3.08. The fourth-order valence-corrected chi connectivity index (χ4v) is 1.89. The summed E-state index contributed by atoms with van der Waals surface area (Å²) in [5, 5.41) is 1.22. The number of nitrogens with zero attached hydrogens (tertiary/aromatic N) is 1. The summed E-state index contributed by atoms with van der Waals surface area (Å²) in [6.45, 7) is 3.14. The van der Waals surface area contributed by atoms with Crippen LogP contribution in [0.25, 0.3) is 10.9 Å². The Morgan fingerprint density at radius 1 is 1.36 bits per heavy atom. The molecular formula is C11H12NOSi. The third-order valence-corrected chi connectivity index (χ3v) is 2.53. The molecule has 2 aromatic rings. The van der Waals surface area contributed by atoms with Crippen LogP contribution in [0.5, 0.6) is 5.88 Å². The quantitative estimate of drug-likeness (QED) is 0.698. The highest BCUT2D eigenvalue weighted by atomic mass is 28.2. The Morgan fingerprint density at radius 3 is 2.86 bits per heavy atom. The average molecular weight is 202 g/mol. The minimum absolute atomic E-state index is 0.865. The fourth-order valence-electron chi connectivity index (χ4n) is 1.72. The first-order valence-electron chi connectivity index (χ1n) is 4.78. The number of aromatic nitrogens is 1. The molecule has 3 heteroatoms. The topological polar surface area (TPSA) is 14.2 Å². The lowest BCUT2D eigenvalue weighted by atomic mass is 10.2. The molecule has 2 rings (SSSR count). The largest absolute Gasteiger partial charge is 0.529 e. The van der Waals surface area contributed by atoms with Crippen molar-refractivity contribution in [2.75, 3.05) is 0 Å². The highest BCUT2D eigenvalue weighted by Gasteiger charge is 2.06. The fraction of sp³-hybridized carbons (Fsp3) is 0.273. The van der Waals surface area contributed by atoms with Gasteiger partial charge >= 0.3 is 10.5 Å². The van der Waals surface area contributed by atoms with Crippen molar-refractivity contribution >= 4 is 21.4 Å². The van der Waals surface area contributed by atoms with E-state index in [0.717, 1.165) is 18.8 Å². The monoisotopic (exact) mass is 202 g/mol. The predicted octanol–water partition coefficient (Wildman–Crippen LogP) is 2.51. The van der Waals surface area contributed by atoms with E-state index in [1.54, 1.807) is 0 Å². The highest BCUT2D eigenvalue weighted by Crippen LogP contribution is 2.25. The zero-order valence-corrected chi connectivity index (χ0v) is 9.16. The van der Waals surface area contributed by atoms with Crippen LogP contribution in [0.4, 0.5) is 0 Å². The van der Waals surface area contributed by atoms with Crippen molar-refractivity contribution in [1.29, 1.82) is 0 Å². The van der Waals surface area contributed by atoms with Crippen LogP contribution in [0.3, 0.4) is 0 Å². The Hall–Kier alpha value is -1.22. The van der Waals surface area contributed by atoms with Crippen LogP contribution in [0.2, 0.25) is 0 Å². The first-order valence-corrected chi connectivity index (χ1v) is 5.19. The minimum Gasteiger partial charge on any atom is -0.529 e. The van der Waals surface area contributed by atoms with Crippen LogP contribution in [-0.4, -0.2) is 15.1 Å². The molecule has 0 saturated carbocycles. The summed E-state index contributed by atoms with van der Waals surface area (Å²) in [6.07, 6.45) is 1.10. The molecule has 0 unspecified atom stereocenters. The third-order valence-electron chi connectivity index (χ3n) is 2.32. The van der Waals surface area contributed by atoms with Crippen molar-refractivity contribution in [1.82, 2.24) is 4.57 Å². The average Bonchev–Trinajstić information content (AvgIpc) is 2.58. The van der Waals surface area contributed by atoms with Gasteiger partial charge < -0.3 is 8.99 Å². The van der Waals surface area contributed by atoms with E-state index in [4.69, 9.17) is 4.43 Å². The first kappa shape index (κ1) is 9.34. The molecule has 1 aromatic heterocycles. The van der Waals surface area contributed by atoms with Crippen LogP contribution < -0.4 is 4.43 Å². The number of fused-ring (bicyclic) bond motifs is 1. The van der Waals surface area contributed by atoms with Crippen LogP contribution >= 0.6 is 0 Å². The standard InChI is InChI=1S/C11H12NOSi/c1-2-7-12-10-6-4-3-5-9(10)8-11(12)13-14/h3-6,8H,2,7H2,1H3. The van der Waals surface area contributed by atoms with Gasteiger partial charge in [0.1, 0.15) is 0 Å². The van der Waals surface area contributed by atoms with Crippen LogP contribution in [0.15, 0.2) is 30.3 Å². The van der Waals surface area contributed by atoms with Gasteiger partial charge in [0.05, 0.1) is 5.52 Å². The molecule has 0 saturated heterocycles. The van der Waals surface area contributed by atoms with E-state index in [9.17, 15) is 0 Å². The molecular weight excluding hydrogens is 190 g/mol. The number of para-hydroxylation sites is 1. The normalized spacial score (nSPS) is 10.7. The van der Waals surface area contributed by atoms with Gasteiger partial charge in [-0.25, -0.2) is 0 Å². The molecule has 14 heavy (non-hydrogen) atoms. The van der Waals surface area contributed by atoms with Gasteiger partial charge in [-0.05, 0) is 12.5 Å². The first-order chi connectivity index (χ1) is 6.86. The number of rotatable bonds is 3. The van der Waals surface area contributed by atoms with Gasteiger partial charge in [-0.15, -0.1) is 0 Å². The van der Waals surface area contributed by atoms with Gasteiger partial charge in [-0.3, -0.25) is 0 Å². The molecule has 71 valence electrons. The molecule has 0 bridgehead atoms. The van der Waals surface area contributed by atoms with Gasteiger partial charge in [0.2, 0.25) is 0 Å². The van der Waals surface area contributed by atoms with Crippen LogP contribution in [0, 0.1) is 0 Å². The molecule has 0 aliphatic carbocycles. The lowest BCUT2D eigenvalue weighted by Gasteiger charge is -2.07. The molecule has 0 spiro atoms. The lowest BCUT2D eigenvalue weighted by molar-refractivity contribution is 0.527. The SMILES string of the molecule is CCCn1c(O[Si])cc2ccccc21. The zero-order chi connectivity index (χ0) is 9.97. The summed E-state index contributed by atoms with van der Waals surface area (Å²) in [6, 6.07) is 10.3. The molecule has 0 aliphatic rings. The van der Waals surface area contributed by atoms with Gasteiger partial charge in [-0.1, -0.05) is 25.1 Å². The van der Waals surface area contributed by atoms with E-state index < -0.39 is 0 Å². The Labute approximate surface area is 87.0 Å². The number of benzene rings is 1. The second-order valence-corrected chi connectivity index (χ2v) is 3.50. The molecule has 3 radical (unpaired) electrons. The summed E-state index contributed by atoms with van der Waals surface area (Å²) < 4.78 is 7.32. The number of hydrogen-bond donors (Lipinski definition) is 0. The van der Waals surface area contributed by atoms with Gasteiger partial charge in [-0.2, -0.15) is 0 Å². The smallest absolute Gasteiger partial charge is 0.343 e. The van der Waals surface area contributed by atoms with E-state index >= 15 is 0 Å². The lowest BCUT2D eigenvalue weighted by Crippen LogP contribution is -1.99. The van der Waals surface area contributed by atoms with E-state index in [1.165, 1.54) is 10.9 Å². The minimum atomic E-state index is 0.865. The summed E-state index contributed by atoms with van der Waals surface area (Å²) in [5.41, 5.74) is 1.22. The number of aryl methyl sites for hydroxylation is 1. The van der Waals surface area contributed by atoms with Gasteiger partial charge in [0.15, 0.2) is 5.88 Å². The van der Waals surface area contributed by atoms with Crippen molar-refractivity contribution in [3.05, 3.63) is 30.3 Å². The summed E-state index contributed by atoms with van der Waals surface area (Å²) in [5.74, 6) is 0.865. The van der Waals surface area contributed by atoms with Gasteiger partial charge in [0.25, 0.3) is 0 Å². The van der Waals surface area contributed by atoms with E-state index in [1.807, 2.05) is 18.2 Å². The molecule has 1 heterocycles. The zero-order valence-electron chi connectivity index (χ0n) is 8.16. The molecule has 0 atom stereocenters. The second kappa shape index (κ2) is 3.88. The molecule has 0 N–H and O–H groups in total. The molecule has 1 aromatic carbocycles. The summed E-state index contributed by atoms with van der Waals surface area (Å²) in [4.78, 5) is 0. The molecule has 0 aliphatic heterocycles. The number of hydrogen-bond acceptors (Lipinski definition) is 1. The Balaban J connectivity index is 2.61. The van der Waals surface area contributed by atoms with E-state index in [0.29, 0.717) is 0 Å². The van der Waals surface area contributed by atoms with Crippen molar-refractivity contribution in [3.63, 3.8) is 0 Å². The molecule has 0 amide bonds. The van der Waals surface area contributed by atoms with E-state index in [2.05, 4.69) is 34.1 Å². The van der Waals surface area contributed by atoms with E-state index in [-0.39, 0.29) is 0 Å². The van der Waals surface area contributed by atoms with Crippen molar-refractivity contribution in [3.8, 4) is 5.88 Å². The summed E-state index contributed by atoms with van der Waals surface area (Å²) >= 11 is 0. The molecule has 0 fully saturated rings. The Morgan fingerprint density at radius 2 is 2.14 bits per heavy atom. The third kappa shape index (κ3) is 1.44.